The lowest BCUT2D eigenvalue weighted by Gasteiger charge is -2.16. The van der Waals surface area contributed by atoms with Crippen molar-refractivity contribution in [3.8, 4) is 0 Å². The van der Waals surface area contributed by atoms with Crippen LogP contribution in [0.15, 0.2) is 32.3 Å². The molecule has 14 heteroatoms. The molecule has 0 amide bonds. The standard InChI is InChI=1S/C13H13N7O6S/c21-1-4-6(22)7(23)12(26-4)20-3-16-5-8(20)14-2-15-10(5)27-11-9(24)17-13(25)19-18-11/h2-4,6-7,12,21-23H,1H2,(H2,17,19,24,25)/t4-,6+,7-,12-/m0/s1. The predicted molar refractivity (Wildman–Crippen MR) is 87.9 cm³/mol. The molecule has 1 aliphatic rings. The number of H-pyrrole nitrogens is 2. The first-order chi connectivity index (χ1) is 13.0. The fourth-order valence-electron chi connectivity index (χ4n) is 2.70. The van der Waals surface area contributed by atoms with Crippen LogP contribution >= 0.6 is 11.8 Å². The molecule has 5 N–H and O–H groups in total. The van der Waals surface area contributed by atoms with Gasteiger partial charge < -0.3 is 20.1 Å². The topological polar surface area (TPSA) is 192 Å². The largest absolute Gasteiger partial charge is 0.394 e. The van der Waals surface area contributed by atoms with Gasteiger partial charge in [0, 0.05) is 0 Å². The Morgan fingerprint density at radius 3 is 2.70 bits per heavy atom. The monoisotopic (exact) mass is 395 g/mol. The van der Waals surface area contributed by atoms with E-state index >= 15 is 0 Å². The number of rotatable bonds is 4. The van der Waals surface area contributed by atoms with Crippen molar-refractivity contribution in [3.05, 3.63) is 33.5 Å². The molecule has 1 fully saturated rings. The molecule has 0 unspecified atom stereocenters. The zero-order valence-electron chi connectivity index (χ0n) is 13.4. The Bertz CT molecular complexity index is 1100. The molecule has 0 saturated carbocycles. The number of hydrogen-bond donors (Lipinski definition) is 5. The maximum absolute atomic E-state index is 11.8. The van der Waals surface area contributed by atoms with E-state index in [0.29, 0.717) is 5.52 Å². The molecule has 0 spiro atoms. The van der Waals surface area contributed by atoms with Gasteiger partial charge in [-0.1, -0.05) is 0 Å². The van der Waals surface area contributed by atoms with Crippen molar-refractivity contribution >= 4 is 22.9 Å². The van der Waals surface area contributed by atoms with Crippen molar-refractivity contribution in [2.24, 2.45) is 0 Å². The fraction of sp³-hybridized carbons (Fsp3) is 0.385. The minimum atomic E-state index is -1.30. The van der Waals surface area contributed by atoms with Crippen LogP contribution in [0, 0.1) is 0 Å². The molecule has 0 aromatic carbocycles. The van der Waals surface area contributed by atoms with Crippen LogP contribution in [0.5, 0.6) is 0 Å². The molecule has 0 radical (unpaired) electrons. The number of aromatic amines is 2. The van der Waals surface area contributed by atoms with Gasteiger partial charge in [-0.25, -0.2) is 24.8 Å². The van der Waals surface area contributed by atoms with Gasteiger partial charge in [0.25, 0.3) is 5.56 Å². The zero-order chi connectivity index (χ0) is 19.1. The van der Waals surface area contributed by atoms with Crippen LogP contribution in [0.1, 0.15) is 6.23 Å². The molecule has 13 nitrogen and oxygen atoms in total. The number of ether oxygens (including phenoxy) is 1. The molecule has 142 valence electrons. The minimum Gasteiger partial charge on any atom is -0.394 e. The van der Waals surface area contributed by atoms with E-state index < -0.39 is 42.4 Å². The summed E-state index contributed by atoms with van der Waals surface area (Å²) in [7, 11) is 0. The van der Waals surface area contributed by atoms with Crippen LogP contribution in [0.25, 0.3) is 11.2 Å². The average molecular weight is 395 g/mol. The maximum atomic E-state index is 11.8. The third-order valence-corrected chi connectivity index (χ3v) is 4.95. The number of nitrogens with zero attached hydrogens (tertiary/aromatic N) is 5. The third-order valence-electron chi connectivity index (χ3n) is 3.99. The SMILES string of the molecule is O=c1[nH]nc(Sc2ncnc3c2ncn3[C@H]2O[C@@H](CO)[C@@H](O)[C@@H]2O)c(=O)[nH]1. The molecule has 4 atom stereocenters. The number of hydrogen-bond acceptors (Lipinski definition) is 11. The summed E-state index contributed by atoms with van der Waals surface area (Å²) in [5.41, 5.74) is -0.833. The van der Waals surface area contributed by atoms with Crippen molar-refractivity contribution in [2.45, 2.75) is 34.6 Å². The summed E-state index contributed by atoms with van der Waals surface area (Å²) in [5, 5.41) is 35.4. The summed E-state index contributed by atoms with van der Waals surface area (Å²) in [6.07, 6.45) is -1.95. The number of aromatic nitrogens is 7. The van der Waals surface area contributed by atoms with Gasteiger partial charge in [-0.15, -0.1) is 0 Å². The third kappa shape index (κ3) is 3.02. The van der Waals surface area contributed by atoms with Crippen LogP contribution in [0.3, 0.4) is 0 Å². The highest BCUT2D eigenvalue weighted by molar-refractivity contribution is 7.99. The molecule has 0 aliphatic carbocycles. The van der Waals surface area contributed by atoms with E-state index in [1.54, 1.807) is 0 Å². The smallest absolute Gasteiger partial charge is 0.342 e. The molecule has 3 aromatic rings. The normalized spacial score (nSPS) is 25.3. The van der Waals surface area contributed by atoms with Gasteiger partial charge in [0.15, 0.2) is 16.9 Å². The quantitative estimate of drug-likeness (QED) is 0.290. The van der Waals surface area contributed by atoms with E-state index in [2.05, 4.69) is 30.1 Å². The Hall–Kier alpha value is -2.65. The summed E-state index contributed by atoms with van der Waals surface area (Å²) >= 11 is 0.870. The van der Waals surface area contributed by atoms with Gasteiger partial charge in [0.1, 0.15) is 35.2 Å². The number of fused-ring (bicyclic) bond motifs is 1. The van der Waals surface area contributed by atoms with E-state index in [-0.39, 0.29) is 15.7 Å². The number of aliphatic hydroxyl groups excluding tert-OH is 3. The van der Waals surface area contributed by atoms with Crippen LogP contribution in [-0.2, 0) is 4.74 Å². The zero-order valence-corrected chi connectivity index (χ0v) is 14.2. The second-order valence-electron chi connectivity index (χ2n) is 5.65. The van der Waals surface area contributed by atoms with Crippen LogP contribution in [0.4, 0.5) is 0 Å². The van der Waals surface area contributed by atoms with Gasteiger partial charge in [-0.2, -0.15) is 5.10 Å². The molecular formula is C13H13N7O6S. The van der Waals surface area contributed by atoms with Crippen LogP contribution < -0.4 is 11.2 Å². The molecule has 3 aromatic heterocycles. The highest BCUT2D eigenvalue weighted by Crippen LogP contribution is 2.33. The minimum absolute atomic E-state index is 0.0444. The van der Waals surface area contributed by atoms with Crippen LogP contribution in [0.2, 0.25) is 0 Å². The van der Waals surface area contributed by atoms with Crippen molar-refractivity contribution < 1.29 is 20.1 Å². The first kappa shape index (κ1) is 17.7. The first-order valence-electron chi connectivity index (χ1n) is 7.66. The van der Waals surface area contributed by atoms with Crippen molar-refractivity contribution in [2.75, 3.05) is 6.61 Å². The molecule has 27 heavy (non-hydrogen) atoms. The van der Waals surface area contributed by atoms with Gasteiger partial charge in [0.2, 0.25) is 0 Å². The van der Waals surface area contributed by atoms with E-state index in [4.69, 9.17) is 4.74 Å². The van der Waals surface area contributed by atoms with Gasteiger partial charge in [0.05, 0.1) is 12.9 Å². The molecule has 4 heterocycles. The van der Waals surface area contributed by atoms with Crippen molar-refractivity contribution in [3.63, 3.8) is 0 Å². The van der Waals surface area contributed by atoms with Gasteiger partial charge >= 0.3 is 5.69 Å². The number of nitrogens with one attached hydrogen (secondary N) is 2. The molecule has 1 saturated heterocycles. The fourth-order valence-corrected chi connectivity index (χ4v) is 3.46. The van der Waals surface area contributed by atoms with E-state index in [1.807, 2.05) is 0 Å². The summed E-state index contributed by atoms with van der Waals surface area (Å²) in [6.45, 7) is -0.460. The van der Waals surface area contributed by atoms with E-state index in [0.717, 1.165) is 11.8 Å². The molecule has 4 rings (SSSR count). The highest BCUT2D eigenvalue weighted by Gasteiger charge is 2.44. The second-order valence-corrected chi connectivity index (χ2v) is 6.62. The van der Waals surface area contributed by atoms with E-state index in [9.17, 15) is 24.9 Å². The Kier molecular flexibility index (Phi) is 4.48. The number of aliphatic hydroxyl groups is 3. The predicted octanol–water partition coefficient (Wildman–Crippen LogP) is -2.64. The summed E-state index contributed by atoms with van der Waals surface area (Å²) in [6, 6.07) is 0. The first-order valence-corrected chi connectivity index (χ1v) is 8.48. The Labute approximate surface area is 153 Å². The lowest BCUT2D eigenvalue weighted by Crippen LogP contribution is -2.33. The van der Waals surface area contributed by atoms with E-state index in [1.165, 1.54) is 17.2 Å². The molecule has 0 bridgehead atoms. The lowest BCUT2D eigenvalue weighted by molar-refractivity contribution is -0.0511. The lowest BCUT2D eigenvalue weighted by atomic mass is 10.1. The molecular weight excluding hydrogens is 382 g/mol. The Morgan fingerprint density at radius 2 is 2.00 bits per heavy atom. The average Bonchev–Trinajstić information content (AvgIpc) is 3.20. The Morgan fingerprint density at radius 1 is 1.19 bits per heavy atom. The van der Waals surface area contributed by atoms with Crippen molar-refractivity contribution in [1.82, 2.24) is 34.7 Å². The van der Waals surface area contributed by atoms with Crippen LogP contribution in [-0.4, -0.2) is 74.9 Å². The van der Waals surface area contributed by atoms with Gasteiger partial charge in [-0.3, -0.25) is 14.3 Å². The highest BCUT2D eigenvalue weighted by atomic mass is 32.2. The molecule has 1 aliphatic heterocycles. The van der Waals surface area contributed by atoms with Crippen molar-refractivity contribution in [1.29, 1.82) is 0 Å². The summed E-state index contributed by atoms with van der Waals surface area (Å²) < 4.78 is 6.87. The number of imidazole rings is 1. The Balaban J connectivity index is 1.72. The second kappa shape index (κ2) is 6.82. The maximum Gasteiger partial charge on any atom is 0.342 e. The summed E-state index contributed by atoms with van der Waals surface area (Å²) in [4.78, 5) is 37.3. The van der Waals surface area contributed by atoms with Gasteiger partial charge in [-0.05, 0) is 11.8 Å². The summed E-state index contributed by atoms with van der Waals surface area (Å²) in [5.74, 6) is 0.